The standard InChI is InChI=1S/C12H19N3O/c1-14-9-10(8-13)12(16)15(2)11-6-4-3-5-7-11/h9,11,14H,3-7H2,1-2H3/b10-9-. The first-order valence-electron chi connectivity index (χ1n) is 5.75. The molecular formula is C12H19N3O. The SMILES string of the molecule is CN/C=C(/C#N)C(=O)N(C)C1CCCCC1. The van der Waals surface area contributed by atoms with Crippen LogP contribution in [0.4, 0.5) is 0 Å². The molecule has 0 unspecified atom stereocenters. The lowest BCUT2D eigenvalue weighted by atomic mass is 9.94. The summed E-state index contributed by atoms with van der Waals surface area (Å²) in [5.74, 6) is -0.177. The summed E-state index contributed by atoms with van der Waals surface area (Å²) in [5.41, 5.74) is 0.176. The zero-order valence-corrected chi connectivity index (χ0v) is 9.99. The second-order valence-electron chi connectivity index (χ2n) is 4.17. The third-order valence-electron chi connectivity index (χ3n) is 3.08. The number of carbonyl (C=O) groups excluding carboxylic acids is 1. The Hall–Kier alpha value is -1.50. The highest BCUT2D eigenvalue weighted by Crippen LogP contribution is 2.22. The van der Waals surface area contributed by atoms with E-state index in [1.54, 1.807) is 19.0 Å². The van der Waals surface area contributed by atoms with Crippen LogP contribution in [0, 0.1) is 11.3 Å². The molecule has 0 heterocycles. The van der Waals surface area contributed by atoms with Crippen LogP contribution in [-0.2, 0) is 4.79 Å². The second-order valence-corrected chi connectivity index (χ2v) is 4.17. The van der Waals surface area contributed by atoms with Gasteiger partial charge in [0.2, 0.25) is 0 Å². The molecule has 0 aromatic rings. The lowest BCUT2D eigenvalue weighted by Gasteiger charge is -2.31. The highest BCUT2D eigenvalue weighted by atomic mass is 16.2. The van der Waals surface area contributed by atoms with Crippen molar-refractivity contribution in [1.82, 2.24) is 10.2 Å². The van der Waals surface area contributed by atoms with Crippen molar-refractivity contribution in [2.75, 3.05) is 14.1 Å². The van der Waals surface area contributed by atoms with Crippen molar-refractivity contribution in [3.05, 3.63) is 11.8 Å². The van der Waals surface area contributed by atoms with Crippen LogP contribution in [0.3, 0.4) is 0 Å². The smallest absolute Gasteiger partial charge is 0.265 e. The fourth-order valence-electron chi connectivity index (χ4n) is 2.11. The van der Waals surface area contributed by atoms with Crippen LogP contribution in [0.2, 0.25) is 0 Å². The van der Waals surface area contributed by atoms with E-state index in [2.05, 4.69) is 5.32 Å². The van der Waals surface area contributed by atoms with Crippen molar-refractivity contribution in [3.8, 4) is 6.07 Å². The second kappa shape index (κ2) is 6.16. The van der Waals surface area contributed by atoms with Gasteiger partial charge in [-0.05, 0) is 12.8 Å². The van der Waals surface area contributed by atoms with Crippen LogP contribution < -0.4 is 5.32 Å². The van der Waals surface area contributed by atoms with E-state index < -0.39 is 0 Å². The van der Waals surface area contributed by atoms with Crippen LogP contribution in [0.25, 0.3) is 0 Å². The predicted octanol–water partition coefficient (Wildman–Crippen LogP) is 1.40. The topological polar surface area (TPSA) is 56.1 Å². The molecule has 1 amide bonds. The van der Waals surface area contributed by atoms with Gasteiger partial charge in [0.1, 0.15) is 11.6 Å². The lowest BCUT2D eigenvalue weighted by Crippen LogP contribution is -2.39. The monoisotopic (exact) mass is 221 g/mol. The number of likely N-dealkylation sites (N-methyl/N-ethyl adjacent to an activating group) is 1. The summed E-state index contributed by atoms with van der Waals surface area (Å²) in [7, 11) is 3.48. The van der Waals surface area contributed by atoms with Gasteiger partial charge in [-0.25, -0.2) is 0 Å². The molecule has 1 rings (SSSR count). The third kappa shape index (κ3) is 2.99. The fraction of sp³-hybridized carbons (Fsp3) is 0.667. The van der Waals surface area contributed by atoms with E-state index in [-0.39, 0.29) is 11.5 Å². The van der Waals surface area contributed by atoms with Gasteiger partial charge in [0, 0.05) is 26.3 Å². The number of amides is 1. The number of nitrogens with one attached hydrogen (secondary N) is 1. The minimum Gasteiger partial charge on any atom is -0.393 e. The average molecular weight is 221 g/mol. The molecule has 1 aliphatic carbocycles. The average Bonchev–Trinajstić information content (AvgIpc) is 2.35. The van der Waals surface area contributed by atoms with Crippen molar-refractivity contribution in [1.29, 1.82) is 5.26 Å². The number of nitriles is 1. The quantitative estimate of drug-likeness (QED) is 0.579. The number of rotatable bonds is 3. The van der Waals surface area contributed by atoms with Gasteiger partial charge in [-0.2, -0.15) is 5.26 Å². The lowest BCUT2D eigenvalue weighted by molar-refractivity contribution is -0.128. The number of hydrogen-bond acceptors (Lipinski definition) is 3. The molecule has 4 heteroatoms. The molecule has 0 aliphatic heterocycles. The molecule has 0 aromatic carbocycles. The maximum atomic E-state index is 12.0. The van der Waals surface area contributed by atoms with Crippen LogP contribution in [-0.4, -0.2) is 30.9 Å². The molecule has 1 saturated carbocycles. The van der Waals surface area contributed by atoms with Crippen molar-refractivity contribution in [2.45, 2.75) is 38.1 Å². The Morgan fingerprint density at radius 2 is 2.06 bits per heavy atom. The highest BCUT2D eigenvalue weighted by Gasteiger charge is 2.24. The first-order chi connectivity index (χ1) is 7.70. The first-order valence-corrected chi connectivity index (χ1v) is 5.75. The maximum Gasteiger partial charge on any atom is 0.265 e. The van der Waals surface area contributed by atoms with Gasteiger partial charge < -0.3 is 10.2 Å². The third-order valence-corrected chi connectivity index (χ3v) is 3.08. The highest BCUT2D eigenvalue weighted by molar-refractivity contribution is 5.97. The number of hydrogen-bond donors (Lipinski definition) is 1. The Kier molecular flexibility index (Phi) is 4.84. The summed E-state index contributed by atoms with van der Waals surface area (Å²) in [4.78, 5) is 13.7. The minimum atomic E-state index is -0.177. The van der Waals surface area contributed by atoms with Gasteiger partial charge in [-0.3, -0.25) is 4.79 Å². The van der Waals surface area contributed by atoms with Crippen molar-refractivity contribution in [3.63, 3.8) is 0 Å². The summed E-state index contributed by atoms with van der Waals surface area (Å²) in [5, 5.41) is 11.6. The summed E-state index contributed by atoms with van der Waals surface area (Å²) >= 11 is 0. The minimum absolute atomic E-state index is 0.176. The van der Waals surface area contributed by atoms with Crippen molar-refractivity contribution >= 4 is 5.91 Å². The molecule has 0 bridgehead atoms. The van der Waals surface area contributed by atoms with E-state index in [1.165, 1.54) is 25.5 Å². The van der Waals surface area contributed by atoms with E-state index >= 15 is 0 Å². The normalized spacial score (nSPS) is 17.7. The molecular weight excluding hydrogens is 202 g/mol. The van der Waals surface area contributed by atoms with Gasteiger partial charge in [0.15, 0.2) is 0 Å². The van der Waals surface area contributed by atoms with Crippen molar-refractivity contribution in [2.24, 2.45) is 0 Å². The summed E-state index contributed by atoms with van der Waals surface area (Å²) < 4.78 is 0. The van der Waals surface area contributed by atoms with E-state index in [0.717, 1.165) is 12.8 Å². The van der Waals surface area contributed by atoms with Crippen LogP contribution in [0.15, 0.2) is 11.8 Å². The Bertz CT molecular complexity index is 311. The van der Waals surface area contributed by atoms with Gasteiger partial charge >= 0.3 is 0 Å². The molecule has 4 nitrogen and oxygen atoms in total. The Morgan fingerprint density at radius 3 is 2.56 bits per heavy atom. The molecule has 88 valence electrons. The summed E-state index contributed by atoms with van der Waals surface area (Å²) in [6.45, 7) is 0. The summed E-state index contributed by atoms with van der Waals surface area (Å²) in [6.07, 6.45) is 7.19. The van der Waals surface area contributed by atoms with Gasteiger partial charge in [0.05, 0.1) is 0 Å². The van der Waals surface area contributed by atoms with Gasteiger partial charge in [-0.1, -0.05) is 19.3 Å². The predicted molar refractivity (Wildman–Crippen MR) is 62.4 cm³/mol. The Balaban J connectivity index is 2.65. The van der Waals surface area contributed by atoms with E-state index in [4.69, 9.17) is 5.26 Å². The van der Waals surface area contributed by atoms with E-state index in [9.17, 15) is 4.79 Å². The Labute approximate surface area is 96.9 Å². The zero-order valence-electron chi connectivity index (χ0n) is 9.99. The van der Waals surface area contributed by atoms with E-state index in [1.807, 2.05) is 6.07 Å². The van der Waals surface area contributed by atoms with Crippen LogP contribution in [0.5, 0.6) is 0 Å². The summed E-state index contributed by atoms with van der Waals surface area (Å²) in [6, 6.07) is 2.23. The molecule has 16 heavy (non-hydrogen) atoms. The van der Waals surface area contributed by atoms with Crippen LogP contribution in [0.1, 0.15) is 32.1 Å². The fourth-order valence-corrected chi connectivity index (χ4v) is 2.11. The Morgan fingerprint density at radius 1 is 1.44 bits per heavy atom. The maximum absolute atomic E-state index is 12.0. The molecule has 1 N–H and O–H groups in total. The molecule has 0 radical (unpaired) electrons. The molecule has 0 aromatic heterocycles. The largest absolute Gasteiger partial charge is 0.393 e. The number of carbonyl (C=O) groups is 1. The molecule has 0 saturated heterocycles. The number of nitrogens with zero attached hydrogens (tertiary/aromatic N) is 2. The first kappa shape index (κ1) is 12.6. The van der Waals surface area contributed by atoms with Crippen molar-refractivity contribution < 1.29 is 4.79 Å². The van der Waals surface area contributed by atoms with E-state index in [0.29, 0.717) is 6.04 Å². The zero-order chi connectivity index (χ0) is 12.0. The molecule has 1 aliphatic rings. The van der Waals surface area contributed by atoms with Crippen LogP contribution >= 0.6 is 0 Å². The molecule has 0 spiro atoms. The molecule has 0 atom stereocenters. The molecule has 1 fully saturated rings. The van der Waals surface area contributed by atoms with Gasteiger partial charge in [-0.15, -0.1) is 0 Å². The van der Waals surface area contributed by atoms with Gasteiger partial charge in [0.25, 0.3) is 5.91 Å².